The van der Waals surface area contributed by atoms with E-state index in [1.54, 1.807) is 18.3 Å². The molecule has 1 atom stereocenters. The van der Waals surface area contributed by atoms with Crippen molar-refractivity contribution in [2.24, 2.45) is 0 Å². The van der Waals surface area contributed by atoms with Crippen molar-refractivity contribution in [1.82, 2.24) is 4.98 Å². The summed E-state index contributed by atoms with van der Waals surface area (Å²) in [7, 11) is 0. The maximum Gasteiger partial charge on any atom is 0.311 e. The molecule has 5 heteroatoms. The average molecular weight is 233 g/mol. The highest BCUT2D eigenvalue weighted by Crippen LogP contribution is 2.28. The number of H-pyrrole nitrogens is 1. The standard InChI is InChI=1S/C12H11NO4/c14-11(15)5-8(12(16)17)9-6-13-10-4-2-1-3-7(9)10/h1-4,6,8,13H,5H2,(H,14,15)(H,16,17)/t8-/m1/s1. The normalized spacial score (nSPS) is 12.5. The highest BCUT2D eigenvalue weighted by Gasteiger charge is 2.25. The summed E-state index contributed by atoms with van der Waals surface area (Å²) >= 11 is 0. The third kappa shape index (κ3) is 2.13. The van der Waals surface area contributed by atoms with Crippen molar-refractivity contribution < 1.29 is 19.8 Å². The molecule has 0 amide bonds. The van der Waals surface area contributed by atoms with E-state index in [1.165, 1.54) is 0 Å². The van der Waals surface area contributed by atoms with Crippen LogP contribution >= 0.6 is 0 Å². The van der Waals surface area contributed by atoms with Gasteiger partial charge in [-0.05, 0) is 11.6 Å². The fourth-order valence-corrected chi connectivity index (χ4v) is 1.89. The first-order chi connectivity index (χ1) is 8.09. The fourth-order valence-electron chi connectivity index (χ4n) is 1.89. The van der Waals surface area contributed by atoms with Crippen molar-refractivity contribution in [2.45, 2.75) is 12.3 Å². The molecule has 2 rings (SSSR count). The van der Waals surface area contributed by atoms with Gasteiger partial charge in [-0.15, -0.1) is 0 Å². The van der Waals surface area contributed by atoms with Gasteiger partial charge in [0.1, 0.15) is 0 Å². The predicted octanol–water partition coefficient (Wildman–Crippen LogP) is 1.81. The summed E-state index contributed by atoms with van der Waals surface area (Å²) in [5.74, 6) is -3.27. The number of aromatic amines is 1. The third-order valence-corrected chi connectivity index (χ3v) is 2.67. The minimum atomic E-state index is -1.13. The lowest BCUT2D eigenvalue weighted by atomic mass is 9.95. The fraction of sp³-hybridized carbons (Fsp3) is 0.167. The molecule has 0 aliphatic carbocycles. The molecule has 1 aromatic carbocycles. The van der Waals surface area contributed by atoms with Gasteiger partial charge in [-0.3, -0.25) is 9.59 Å². The van der Waals surface area contributed by atoms with Crippen molar-refractivity contribution in [3.8, 4) is 0 Å². The van der Waals surface area contributed by atoms with Gasteiger partial charge in [0.2, 0.25) is 0 Å². The second-order valence-corrected chi connectivity index (χ2v) is 3.78. The molecule has 88 valence electrons. The second kappa shape index (κ2) is 4.29. The van der Waals surface area contributed by atoms with Gasteiger partial charge in [-0.2, -0.15) is 0 Å². The predicted molar refractivity (Wildman–Crippen MR) is 60.9 cm³/mol. The average Bonchev–Trinajstić information content (AvgIpc) is 2.69. The lowest BCUT2D eigenvalue weighted by molar-refractivity contribution is -0.145. The Morgan fingerprint density at radius 1 is 1.24 bits per heavy atom. The number of nitrogens with one attached hydrogen (secondary N) is 1. The van der Waals surface area contributed by atoms with Crippen molar-refractivity contribution in [3.05, 3.63) is 36.0 Å². The number of carbonyl (C=O) groups is 2. The quantitative estimate of drug-likeness (QED) is 0.751. The van der Waals surface area contributed by atoms with Crippen LogP contribution in [0.15, 0.2) is 30.5 Å². The maximum atomic E-state index is 11.1. The molecule has 2 aromatic rings. The van der Waals surface area contributed by atoms with Crippen LogP contribution in [-0.2, 0) is 9.59 Å². The zero-order chi connectivity index (χ0) is 12.4. The molecule has 0 saturated heterocycles. The summed E-state index contributed by atoms with van der Waals surface area (Å²) in [6.45, 7) is 0. The summed E-state index contributed by atoms with van der Waals surface area (Å²) in [4.78, 5) is 24.7. The van der Waals surface area contributed by atoms with Crippen molar-refractivity contribution in [2.75, 3.05) is 0 Å². The van der Waals surface area contributed by atoms with E-state index >= 15 is 0 Å². The monoisotopic (exact) mass is 233 g/mol. The van der Waals surface area contributed by atoms with Crippen LogP contribution in [0.5, 0.6) is 0 Å². The van der Waals surface area contributed by atoms with Gasteiger partial charge < -0.3 is 15.2 Å². The maximum absolute atomic E-state index is 11.1. The lowest BCUT2D eigenvalue weighted by Gasteiger charge is -2.08. The number of para-hydroxylation sites is 1. The number of fused-ring (bicyclic) bond motifs is 1. The molecule has 0 bridgehead atoms. The van der Waals surface area contributed by atoms with Crippen LogP contribution in [0, 0.1) is 0 Å². The number of benzene rings is 1. The van der Waals surface area contributed by atoms with Crippen LogP contribution in [0.2, 0.25) is 0 Å². The molecule has 17 heavy (non-hydrogen) atoms. The molecule has 0 saturated carbocycles. The first-order valence-electron chi connectivity index (χ1n) is 5.10. The van der Waals surface area contributed by atoms with Gasteiger partial charge in [0.15, 0.2) is 0 Å². The van der Waals surface area contributed by atoms with Gasteiger partial charge in [-0.1, -0.05) is 18.2 Å². The number of aliphatic carboxylic acids is 2. The molecule has 0 fully saturated rings. The Morgan fingerprint density at radius 2 is 1.94 bits per heavy atom. The Labute approximate surface area is 96.7 Å². The molecule has 1 aromatic heterocycles. The summed E-state index contributed by atoms with van der Waals surface area (Å²) in [5, 5.41) is 18.6. The van der Waals surface area contributed by atoms with Gasteiger partial charge in [0.25, 0.3) is 0 Å². The zero-order valence-electron chi connectivity index (χ0n) is 8.88. The van der Waals surface area contributed by atoms with Crippen molar-refractivity contribution >= 4 is 22.8 Å². The number of carboxylic acid groups (broad SMARTS) is 2. The first kappa shape index (κ1) is 11.2. The van der Waals surface area contributed by atoms with Crippen molar-refractivity contribution in [1.29, 1.82) is 0 Å². The van der Waals surface area contributed by atoms with E-state index < -0.39 is 24.3 Å². The van der Waals surface area contributed by atoms with E-state index in [2.05, 4.69) is 4.98 Å². The molecule has 5 nitrogen and oxygen atoms in total. The van der Waals surface area contributed by atoms with Crippen LogP contribution in [0.3, 0.4) is 0 Å². The van der Waals surface area contributed by atoms with E-state index in [0.717, 1.165) is 10.9 Å². The molecular formula is C12H11NO4. The summed E-state index contributed by atoms with van der Waals surface area (Å²) < 4.78 is 0. The summed E-state index contributed by atoms with van der Waals surface area (Å²) in [6.07, 6.45) is 1.14. The third-order valence-electron chi connectivity index (χ3n) is 2.67. The topological polar surface area (TPSA) is 90.4 Å². The summed E-state index contributed by atoms with van der Waals surface area (Å²) in [5.41, 5.74) is 1.31. The Kier molecular flexibility index (Phi) is 2.82. The van der Waals surface area contributed by atoms with Crippen LogP contribution in [0.4, 0.5) is 0 Å². The second-order valence-electron chi connectivity index (χ2n) is 3.78. The SMILES string of the molecule is O=C(O)C[C@@H](C(=O)O)c1c[nH]c2ccccc12. The Morgan fingerprint density at radius 3 is 2.59 bits per heavy atom. The van der Waals surface area contributed by atoms with E-state index in [-0.39, 0.29) is 0 Å². The van der Waals surface area contributed by atoms with E-state index in [1.807, 2.05) is 12.1 Å². The molecule has 0 aliphatic rings. The zero-order valence-corrected chi connectivity index (χ0v) is 8.88. The van der Waals surface area contributed by atoms with Gasteiger partial charge >= 0.3 is 11.9 Å². The molecule has 0 radical (unpaired) electrons. The number of hydrogen-bond acceptors (Lipinski definition) is 2. The molecule has 0 unspecified atom stereocenters. The molecular weight excluding hydrogens is 222 g/mol. The molecule has 0 aliphatic heterocycles. The van der Waals surface area contributed by atoms with Crippen LogP contribution in [-0.4, -0.2) is 27.1 Å². The highest BCUT2D eigenvalue weighted by atomic mass is 16.4. The smallest absolute Gasteiger partial charge is 0.311 e. The first-order valence-corrected chi connectivity index (χ1v) is 5.10. The van der Waals surface area contributed by atoms with Crippen molar-refractivity contribution in [3.63, 3.8) is 0 Å². The number of rotatable bonds is 4. The van der Waals surface area contributed by atoms with Crippen LogP contribution < -0.4 is 0 Å². The number of carboxylic acids is 2. The van der Waals surface area contributed by atoms with Crippen LogP contribution in [0.25, 0.3) is 10.9 Å². The Hall–Kier alpha value is -2.30. The minimum absolute atomic E-state index is 0.419. The largest absolute Gasteiger partial charge is 0.481 e. The Bertz CT molecular complexity index is 573. The molecule has 0 spiro atoms. The van der Waals surface area contributed by atoms with Gasteiger partial charge in [0.05, 0.1) is 12.3 Å². The highest BCUT2D eigenvalue weighted by molar-refractivity contribution is 5.91. The van der Waals surface area contributed by atoms with Gasteiger partial charge in [-0.25, -0.2) is 0 Å². The van der Waals surface area contributed by atoms with E-state index in [9.17, 15) is 9.59 Å². The molecule has 1 heterocycles. The van der Waals surface area contributed by atoms with E-state index in [4.69, 9.17) is 10.2 Å². The van der Waals surface area contributed by atoms with E-state index in [0.29, 0.717) is 5.56 Å². The number of hydrogen-bond donors (Lipinski definition) is 3. The van der Waals surface area contributed by atoms with Crippen LogP contribution in [0.1, 0.15) is 17.9 Å². The number of aromatic nitrogens is 1. The Balaban J connectivity index is 2.48. The summed E-state index contributed by atoms with van der Waals surface area (Å²) in [6, 6.07) is 7.21. The lowest BCUT2D eigenvalue weighted by Crippen LogP contribution is -2.15. The van der Waals surface area contributed by atoms with Gasteiger partial charge in [0, 0.05) is 17.1 Å². The minimum Gasteiger partial charge on any atom is -0.481 e. The molecule has 3 N–H and O–H groups in total.